The molecule has 3 rings (SSSR count). The second-order valence-electron chi connectivity index (χ2n) is 5.82. The Kier molecular flexibility index (Phi) is 4.23. The summed E-state index contributed by atoms with van der Waals surface area (Å²) in [5.74, 6) is -0.410. The van der Waals surface area contributed by atoms with Crippen LogP contribution in [0.5, 0.6) is 0 Å². The predicted molar refractivity (Wildman–Crippen MR) is 87.1 cm³/mol. The van der Waals surface area contributed by atoms with E-state index >= 15 is 0 Å². The maximum atomic E-state index is 13.8. The fourth-order valence-corrected chi connectivity index (χ4v) is 2.88. The Morgan fingerprint density at radius 2 is 1.96 bits per heavy atom. The molecular formula is C17H18FN3O2. The van der Waals surface area contributed by atoms with E-state index in [0.29, 0.717) is 16.8 Å². The average molecular weight is 315 g/mol. The van der Waals surface area contributed by atoms with Crippen LogP contribution in [0.2, 0.25) is 0 Å². The van der Waals surface area contributed by atoms with Crippen molar-refractivity contribution >= 4 is 11.4 Å². The minimum Gasteiger partial charge on any atom is -0.372 e. The number of hydrogen-bond acceptors (Lipinski definition) is 4. The van der Waals surface area contributed by atoms with Gasteiger partial charge in [0, 0.05) is 42.7 Å². The van der Waals surface area contributed by atoms with Gasteiger partial charge in [-0.3, -0.25) is 15.1 Å². The Balaban J connectivity index is 2.07. The summed E-state index contributed by atoms with van der Waals surface area (Å²) in [5.41, 5.74) is 1.94. The standard InChI is InChI=1S/C17H18FN3O2/c1-12-11-19-16(10-15(12)18)14-9-13(5-6-17(14)21(22)23)20-7-3-2-4-8-20/h5-6,9-11H,2-4,7-8H2,1H3. The van der Waals surface area contributed by atoms with Crippen LogP contribution in [0.15, 0.2) is 30.5 Å². The first kappa shape index (κ1) is 15.4. The summed E-state index contributed by atoms with van der Waals surface area (Å²) in [7, 11) is 0. The number of halogens is 1. The predicted octanol–water partition coefficient (Wildman–Crippen LogP) is 4.09. The third kappa shape index (κ3) is 3.16. The molecule has 1 fully saturated rings. The van der Waals surface area contributed by atoms with E-state index in [0.717, 1.165) is 31.6 Å². The van der Waals surface area contributed by atoms with E-state index in [4.69, 9.17) is 0 Å². The van der Waals surface area contributed by atoms with Gasteiger partial charge in [0.05, 0.1) is 16.2 Å². The molecule has 0 saturated carbocycles. The molecule has 1 aromatic heterocycles. The molecule has 0 atom stereocenters. The monoisotopic (exact) mass is 315 g/mol. The lowest BCUT2D eigenvalue weighted by Gasteiger charge is -2.29. The minimum absolute atomic E-state index is 0.0542. The van der Waals surface area contributed by atoms with Crippen molar-refractivity contribution in [3.63, 3.8) is 0 Å². The van der Waals surface area contributed by atoms with Crippen LogP contribution in [0.1, 0.15) is 24.8 Å². The van der Waals surface area contributed by atoms with Gasteiger partial charge in [0.1, 0.15) is 5.82 Å². The van der Waals surface area contributed by atoms with Gasteiger partial charge in [0.15, 0.2) is 0 Å². The summed E-state index contributed by atoms with van der Waals surface area (Å²) in [5, 5.41) is 11.3. The third-order valence-corrected chi connectivity index (χ3v) is 4.21. The van der Waals surface area contributed by atoms with Gasteiger partial charge in [0.2, 0.25) is 0 Å². The lowest BCUT2D eigenvalue weighted by Crippen LogP contribution is -2.29. The van der Waals surface area contributed by atoms with E-state index in [1.165, 1.54) is 24.8 Å². The summed E-state index contributed by atoms with van der Waals surface area (Å²) in [6.45, 7) is 3.49. The van der Waals surface area contributed by atoms with Crippen LogP contribution >= 0.6 is 0 Å². The second-order valence-corrected chi connectivity index (χ2v) is 5.82. The normalized spacial score (nSPS) is 14.8. The Morgan fingerprint density at radius 1 is 1.22 bits per heavy atom. The smallest absolute Gasteiger partial charge is 0.278 e. The van der Waals surface area contributed by atoms with Crippen molar-refractivity contribution in [1.29, 1.82) is 0 Å². The van der Waals surface area contributed by atoms with Crippen molar-refractivity contribution < 1.29 is 9.31 Å². The number of nitro benzene ring substituents is 1. The molecule has 0 unspecified atom stereocenters. The maximum Gasteiger partial charge on any atom is 0.278 e. The van der Waals surface area contributed by atoms with Gasteiger partial charge in [-0.15, -0.1) is 0 Å². The molecule has 23 heavy (non-hydrogen) atoms. The van der Waals surface area contributed by atoms with E-state index in [2.05, 4.69) is 9.88 Å². The molecular weight excluding hydrogens is 297 g/mol. The first-order valence-electron chi connectivity index (χ1n) is 7.72. The number of hydrogen-bond donors (Lipinski definition) is 0. The summed E-state index contributed by atoms with van der Waals surface area (Å²) in [6.07, 6.45) is 4.84. The molecule has 1 aromatic carbocycles. The number of anilines is 1. The van der Waals surface area contributed by atoms with Gasteiger partial charge in [0.25, 0.3) is 5.69 Å². The molecule has 0 amide bonds. The Bertz CT molecular complexity index is 743. The molecule has 1 aliphatic heterocycles. The van der Waals surface area contributed by atoms with Crippen LogP contribution in [0.3, 0.4) is 0 Å². The Hall–Kier alpha value is -2.50. The Labute approximate surface area is 133 Å². The van der Waals surface area contributed by atoms with Crippen molar-refractivity contribution in [3.8, 4) is 11.3 Å². The summed E-state index contributed by atoms with van der Waals surface area (Å²) in [4.78, 5) is 17.2. The number of benzene rings is 1. The third-order valence-electron chi connectivity index (χ3n) is 4.21. The zero-order valence-electron chi connectivity index (χ0n) is 13.0. The maximum absolute atomic E-state index is 13.8. The average Bonchev–Trinajstić information content (AvgIpc) is 2.57. The molecule has 5 nitrogen and oxygen atoms in total. The number of piperidine rings is 1. The number of aryl methyl sites for hydroxylation is 1. The highest BCUT2D eigenvalue weighted by Gasteiger charge is 2.20. The van der Waals surface area contributed by atoms with Crippen molar-refractivity contribution in [2.75, 3.05) is 18.0 Å². The van der Waals surface area contributed by atoms with Crippen LogP contribution in [-0.2, 0) is 0 Å². The molecule has 0 bridgehead atoms. The lowest BCUT2D eigenvalue weighted by atomic mass is 10.0. The van der Waals surface area contributed by atoms with Gasteiger partial charge < -0.3 is 4.90 Å². The molecule has 1 saturated heterocycles. The second kappa shape index (κ2) is 6.32. The zero-order chi connectivity index (χ0) is 16.4. The lowest BCUT2D eigenvalue weighted by molar-refractivity contribution is -0.384. The van der Waals surface area contributed by atoms with Crippen LogP contribution < -0.4 is 4.90 Å². The fraction of sp³-hybridized carbons (Fsp3) is 0.353. The molecule has 0 aliphatic carbocycles. The number of aromatic nitrogens is 1. The molecule has 0 N–H and O–H groups in total. The van der Waals surface area contributed by atoms with Crippen molar-refractivity contribution in [2.45, 2.75) is 26.2 Å². The Morgan fingerprint density at radius 3 is 2.61 bits per heavy atom. The highest BCUT2D eigenvalue weighted by atomic mass is 19.1. The van der Waals surface area contributed by atoms with Crippen molar-refractivity contribution in [1.82, 2.24) is 4.98 Å². The van der Waals surface area contributed by atoms with Crippen LogP contribution in [-0.4, -0.2) is 23.0 Å². The topological polar surface area (TPSA) is 59.3 Å². The van der Waals surface area contributed by atoms with E-state index in [9.17, 15) is 14.5 Å². The van der Waals surface area contributed by atoms with Gasteiger partial charge in [-0.05, 0) is 38.3 Å². The molecule has 0 radical (unpaired) electrons. The zero-order valence-corrected chi connectivity index (χ0v) is 13.0. The number of rotatable bonds is 3. The van der Waals surface area contributed by atoms with Gasteiger partial charge in [-0.25, -0.2) is 4.39 Å². The van der Waals surface area contributed by atoms with E-state index < -0.39 is 10.7 Å². The fourth-order valence-electron chi connectivity index (χ4n) is 2.88. The molecule has 0 spiro atoms. The molecule has 2 aromatic rings. The summed E-state index contributed by atoms with van der Waals surface area (Å²) < 4.78 is 13.8. The minimum atomic E-state index is -0.450. The number of nitrogens with zero attached hydrogens (tertiary/aromatic N) is 3. The molecule has 120 valence electrons. The van der Waals surface area contributed by atoms with E-state index in [1.807, 2.05) is 0 Å². The van der Waals surface area contributed by atoms with Gasteiger partial charge in [-0.1, -0.05) is 0 Å². The SMILES string of the molecule is Cc1cnc(-c2cc(N3CCCCC3)ccc2[N+](=O)[O-])cc1F. The number of pyridine rings is 1. The van der Waals surface area contributed by atoms with Crippen LogP contribution in [0.25, 0.3) is 11.3 Å². The van der Waals surface area contributed by atoms with Gasteiger partial charge in [-0.2, -0.15) is 0 Å². The molecule has 2 heterocycles. The highest BCUT2D eigenvalue weighted by molar-refractivity contribution is 5.75. The largest absolute Gasteiger partial charge is 0.372 e. The molecule has 6 heteroatoms. The van der Waals surface area contributed by atoms with Gasteiger partial charge >= 0.3 is 0 Å². The number of nitro groups is 1. The van der Waals surface area contributed by atoms with Crippen molar-refractivity contribution in [3.05, 3.63) is 52.0 Å². The van der Waals surface area contributed by atoms with Crippen LogP contribution in [0.4, 0.5) is 15.8 Å². The first-order chi connectivity index (χ1) is 11.1. The summed E-state index contributed by atoms with van der Waals surface area (Å²) in [6, 6.07) is 6.26. The first-order valence-corrected chi connectivity index (χ1v) is 7.72. The summed E-state index contributed by atoms with van der Waals surface area (Å²) >= 11 is 0. The van der Waals surface area contributed by atoms with Crippen LogP contribution in [0, 0.1) is 22.9 Å². The highest BCUT2D eigenvalue weighted by Crippen LogP contribution is 2.34. The molecule has 1 aliphatic rings. The van der Waals surface area contributed by atoms with E-state index in [-0.39, 0.29) is 5.69 Å². The quantitative estimate of drug-likeness (QED) is 0.632. The van der Waals surface area contributed by atoms with Crippen molar-refractivity contribution in [2.24, 2.45) is 0 Å². The van der Waals surface area contributed by atoms with E-state index in [1.54, 1.807) is 19.1 Å².